The Morgan fingerprint density at radius 1 is 1.25 bits per heavy atom. The van der Waals surface area contributed by atoms with Crippen LogP contribution in [-0.4, -0.2) is 28.2 Å². The Labute approximate surface area is 114 Å². The number of nitriles is 1. The molecule has 0 fully saturated rings. The molecular weight excluding hydrogens is 262 g/mol. The molecular formula is C13H9N3O4. The molecule has 0 amide bonds. The van der Waals surface area contributed by atoms with Crippen LogP contribution >= 0.6 is 0 Å². The van der Waals surface area contributed by atoms with Gasteiger partial charge in [-0.3, -0.25) is 0 Å². The van der Waals surface area contributed by atoms with Gasteiger partial charge in [0, 0.05) is 6.07 Å². The van der Waals surface area contributed by atoms with E-state index in [0.717, 1.165) is 6.20 Å². The fourth-order valence-electron chi connectivity index (χ4n) is 1.41. The molecule has 0 saturated carbocycles. The predicted octanol–water partition coefficient (Wildman–Crippen LogP) is 1.85. The topological polar surface area (TPSA) is 105 Å². The lowest BCUT2D eigenvalue weighted by Gasteiger charge is -2.07. The van der Waals surface area contributed by atoms with E-state index in [1.165, 1.54) is 19.4 Å². The van der Waals surface area contributed by atoms with Crippen LogP contribution in [0.1, 0.15) is 16.1 Å². The number of ether oxygens (including phenoxy) is 2. The second-order valence-electron chi connectivity index (χ2n) is 3.66. The van der Waals surface area contributed by atoms with Crippen LogP contribution in [0.2, 0.25) is 0 Å². The lowest BCUT2D eigenvalue weighted by atomic mass is 10.2. The Hall–Kier alpha value is -3.14. The quantitative estimate of drug-likeness (QED) is 0.904. The molecule has 1 N–H and O–H groups in total. The van der Waals surface area contributed by atoms with E-state index in [2.05, 4.69) is 9.97 Å². The molecule has 0 aliphatic heterocycles. The highest BCUT2D eigenvalue weighted by Gasteiger charge is 2.07. The summed E-state index contributed by atoms with van der Waals surface area (Å²) in [5.41, 5.74) is 0.190. The molecule has 0 aliphatic carbocycles. The average Bonchev–Trinajstić information content (AvgIpc) is 2.47. The van der Waals surface area contributed by atoms with Gasteiger partial charge in [0.15, 0.2) is 5.69 Å². The van der Waals surface area contributed by atoms with Crippen molar-refractivity contribution in [2.24, 2.45) is 0 Å². The lowest BCUT2D eigenvalue weighted by molar-refractivity contribution is 0.0690. The third-order valence-corrected chi connectivity index (χ3v) is 2.31. The smallest absolute Gasteiger partial charge is 0.356 e. The first kappa shape index (κ1) is 13.3. The van der Waals surface area contributed by atoms with Crippen LogP contribution in [0.4, 0.5) is 0 Å². The first-order valence-corrected chi connectivity index (χ1v) is 5.44. The maximum absolute atomic E-state index is 10.6. The molecule has 0 unspecified atom stereocenters. The van der Waals surface area contributed by atoms with Gasteiger partial charge in [0.25, 0.3) is 0 Å². The number of carboxylic acid groups (broad SMARTS) is 1. The monoisotopic (exact) mass is 271 g/mol. The number of aromatic carboxylic acids is 1. The summed E-state index contributed by atoms with van der Waals surface area (Å²) in [6.45, 7) is 0. The zero-order valence-electron chi connectivity index (χ0n) is 10.4. The number of benzene rings is 1. The summed E-state index contributed by atoms with van der Waals surface area (Å²) in [5.74, 6) is -0.239. The number of methoxy groups -OCH3 is 1. The summed E-state index contributed by atoms with van der Waals surface area (Å²) in [4.78, 5) is 18.1. The van der Waals surface area contributed by atoms with Crippen LogP contribution in [-0.2, 0) is 0 Å². The highest BCUT2D eigenvalue weighted by Crippen LogP contribution is 2.25. The van der Waals surface area contributed by atoms with Crippen molar-refractivity contribution in [3.05, 3.63) is 41.9 Å². The summed E-state index contributed by atoms with van der Waals surface area (Å²) in [6, 6.07) is 6.63. The van der Waals surface area contributed by atoms with Crippen LogP contribution in [0.15, 0.2) is 30.6 Å². The van der Waals surface area contributed by atoms with Gasteiger partial charge >= 0.3 is 5.97 Å². The summed E-state index contributed by atoms with van der Waals surface area (Å²) in [6.07, 6.45) is 2.28. The summed E-state index contributed by atoms with van der Waals surface area (Å²) >= 11 is 0. The van der Waals surface area contributed by atoms with Gasteiger partial charge < -0.3 is 14.6 Å². The Balaban J connectivity index is 2.25. The first-order valence-electron chi connectivity index (χ1n) is 5.44. The molecule has 1 heterocycles. The minimum Gasteiger partial charge on any atom is -0.497 e. The molecule has 20 heavy (non-hydrogen) atoms. The van der Waals surface area contributed by atoms with Crippen LogP contribution in [0.3, 0.4) is 0 Å². The number of carbonyl (C=O) groups is 1. The highest BCUT2D eigenvalue weighted by molar-refractivity contribution is 5.84. The van der Waals surface area contributed by atoms with Gasteiger partial charge in [-0.2, -0.15) is 5.26 Å². The number of carboxylic acids is 1. The lowest BCUT2D eigenvalue weighted by Crippen LogP contribution is -2.01. The zero-order chi connectivity index (χ0) is 14.5. The Bertz CT molecular complexity index is 677. The van der Waals surface area contributed by atoms with E-state index in [-0.39, 0.29) is 11.6 Å². The molecule has 1 aromatic heterocycles. The van der Waals surface area contributed by atoms with E-state index >= 15 is 0 Å². The normalized spacial score (nSPS) is 9.60. The average molecular weight is 271 g/mol. The summed E-state index contributed by atoms with van der Waals surface area (Å²) in [7, 11) is 1.47. The molecule has 1 aromatic carbocycles. The van der Waals surface area contributed by atoms with Crippen LogP contribution < -0.4 is 9.47 Å². The summed E-state index contributed by atoms with van der Waals surface area (Å²) < 4.78 is 10.4. The molecule has 0 spiro atoms. The van der Waals surface area contributed by atoms with Crippen LogP contribution in [0.25, 0.3) is 0 Å². The molecule has 7 nitrogen and oxygen atoms in total. The van der Waals surface area contributed by atoms with Gasteiger partial charge in [0.05, 0.1) is 31.1 Å². The maximum Gasteiger partial charge on any atom is 0.356 e. The molecule has 0 atom stereocenters. The zero-order valence-corrected chi connectivity index (χ0v) is 10.4. The second kappa shape index (κ2) is 5.67. The fourth-order valence-corrected chi connectivity index (χ4v) is 1.41. The molecule has 0 bridgehead atoms. The number of hydrogen-bond acceptors (Lipinski definition) is 6. The van der Waals surface area contributed by atoms with Gasteiger partial charge in [0.1, 0.15) is 11.5 Å². The van der Waals surface area contributed by atoms with Crippen molar-refractivity contribution < 1.29 is 19.4 Å². The van der Waals surface area contributed by atoms with E-state index in [1.807, 2.05) is 6.07 Å². The molecule has 0 saturated heterocycles. The number of nitrogens with zero attached hydrogens (tertiary/aromatic N) is 3. The van der Waals surface area contributed by atoms with Gasteiger partial charge in [0.2, 0.25) is 5.88 Å². The molecule has 0 aliphatic rings. The molecule has 0 radical (unpaired) electrons. The second-order valence-corrected chi connectivity index (χ2v) is 3.66. The largest absolute Gasteiger partial charge is 0.497 e. The van der Waals surface area contributed by atoms with E-state index in [0.29, 0.717) is 17.1 Å². The van der Waals surface area contributed by atoms with Crippen LogP contribution in [0, 0.1) is 11.3 Å². The third-order valence-electron chi connectivity index (χ3n) is 2.31. The maximum atomic E-state index is 10.6. The minimum absolute atomic E-state index is 0.118. The van der Waals surface area contributed by atoms with Crippen molar-refractivity contribution in [1.29, 1.82) is 5.26 Å². The number of hydrogen-bond donors (Lipinski definition) is 1. The van der Waals surface area contributed by atoms with E-state index in [9.17, 15) is 4.79 Å². The highest BCUT2D eigenvalue weighted by atomic mass is 16.5. The van der Waals surface area contributed by atoms with E-state index < -0.39 is 5.97 Å². The molecule has 2 aromatic rings. The van der Waals surface area contributed by atoms with Crippen molar-refractivity contribution >= 4 is 5.97 Å². The van der Waals surface area contributed by atoms with Gasteiger partial charge in [-0.05, 0) is 12.1 Å². The minimum atomic E-state index is -1.17. The first-order chi connectivity index (χ1) is 9.62. The standard InChI is InChI=1S/C13H9N3O4/c1-19-9-2-8(5-14)3-10(4-9)20-12-7-15-11(6-16-12)13(17)18/h2-4,6-7H,1H3,(H,17,18). The number of rotatable bonds is 4. The number of aromatic nitrogens is 2. The SMILES string of the molecule is COc1cc(C#N)cc(Oc2cnc(C(=O)O)cn2)c1. The van der Waals surface area contributed by atoms with Crippen molar-refractivity contribution in [2.75, 3.05) is 7.11 Å². The Morgan fingerprint density at radius 3 is 2.55 bits per heavy atom. The summed E-state index contributed by atoms with van der Waals surface area (Å²) in [5, 5.41) is 17.6. The predicted molar refractivity (Wildman–Crippen MR) is 66.8 cm³/mol. The third kappa shape index (κ3) is 3.00. The Morgan fingerprint density at radius 2 is 2.00 bits per heavy atom. The van der Waals surface area contributed by atoms with E-state index in [1.54, 1.807) is 12.1 Å². The van der Waals surface area contributed by atoms with Crippen molar-refractivity contribution in [1.82, 2.24) is 9.97 Å². The van der Waals surface area contributed by atoms with Crippen molar-refractivity contribution in [3.8, 4) is 23.4 Å². The Kier molecular flexibility index (Phi) is 3.77. The van der Waals surface area contributed by atoms with E-state index in [4.69, 9.17) is 19.8 Å². The molecule has 100 valence electrons. The van der Waals surface area contributed by atoms with Crippen LogP contribution in [0.5, 0.6) is 17.4 Å². The molecule has 2 rings (SSSR count). The van der Waals surface area contributed by atoms with Gasteiger partial charge in [-0.25, -0.2) is 14.8 Å². The van der Waals surface area contributed by atoms with Crippen molar-refractivity contribution in [2.45, 2.75) is 0 Å². The van der Waals surface area contributed by atoms with Crippen molar-refractivity contribution in [3.63, 3.8) is 0 Å². The van der Waals surface area contributed by atoms with Gasteiger partial charge in [-0.1, -0.05) is 0 Å². The van der Waals surface area contributed by atoms with Gasteiger partial charge in [-0.15, -0.1) is 0 Å². The molecule has 7 heteroatoms. The fraction of sp³-hybridized carbons (Fsp3) is 0.0769.